The number of carbonyl (C=O) groups excluding carboxylic acids is 1. The van der Waals surface area contributed by atoms with Gasteiger partial charge in [-0.1, -0.05) is 0 Å². The Hall–Kier alpha value is -1.62. The molecule has 4 aliphatic carbocycles. The van der Waals surface area contributed by atoms with Crippen molar-refractivity contribution in [1.82, 2.24) is 10.3 Å². The van der Waals surface area contributed by atoms with Crippen LogP contribution >= 0.6 is 0 Å². The molecule has 3 atom stereocenters. The van der Waals surface area contributed by atoms with E-state index >= 15 is 0 Å². The van der Waals surface area contributed by atoms with Gasteiger partial charge in [-0.25, -0.2) is 0 Å². The fourth-order valence-corrected chi connectivity index (χ4v) is 5.97. The van der Waals surface area contributed by atoms with Crippen molar-refractivity contribution in [2.24, 2.45) is 17.3 Å². The largest absolute Gasteiger partial charge is 0.390 e. The molecule has 4 saturated carbocycles. The maximum Gasteiger partial charge on any atom is 0.260 e. The molecule has 5 rings (SSSR count). The second kappa shape index (κ2) is 5.19. The summed E-state index contributed by atoms with van der Waals surface area (Å²) < 4.78 is 0. The number of amides is 1. The van der Waals surface area contributed by atoms with E-state index in [4.69, 9.17) is 0 Å². The van der Waals surface area contributed by atoms with Crippen LogP contribution in [0.25, 0.3) is 0 Å². The fourth-order valence-electron chi connectivity index (χ4n) is 5.97. The zero-order valence-corrected chi connectivity index (χ0v) is 14.4. The summed E-state index contributed by atoms with van der Waals surface area (Å²) in [6.45, 7) is 3.83. The average Bonchev–Trinajstić information content (AvgIpc) is 2.44. The number of hydrogen-bond acceptors (Lipinski definition) is 3. The molecule has 5 nitrogen and oxygen atoms in total. The van der Waals surface area contributed by atoms with Gasteiger partial charge in [-0.15, -0.1) is 0 Å². The maximum atomic E-state index is 12.6. The summed E-state index contributed by atoms with van der Waals surface area (Å²) in [5, 5.41) is 13.9. The zero-order chi connectivity index (χ0) is 17.1. The molecule has 1 aromatic rings. The van der Waals surface area contributed by atoms with Crippen LogP contribution in [-0.4, -0.2) is 27.6 Å². The molecule has 0 aromatic carbocycles. The number of pyridine rings is 1. The highest BCUT2D eigenvalue weighted by molar-refractivity contribution is 5.94. The quantitative estimate of drug-likeness (QED) is 0.794. The highest BCUT2D eigenvalue weighted by Crippen LogP contribution is 2.62. The first-order valence-corrected chi connectivity index (χ1v) is 9.02. The second-order valence-electron chi connectivity index (χ2n) is 8.63. The van der Waals surface area contributed by atoms with Crippen LogP contribution in [0, 0.1) is 24.2 Å². The number of aliphatic hydroxyl groups is 1. The number of aromatic amines is 1. The molecule has 0 aliphatic heterocycles. The predicted molar refractivity (Wildman–Crippen MR) is 90.8 cm³/mol. The minimum Gasteiger partial charge on any atom is -0.390 e. The van der Waals surface area contributed by atoms with Crippen molar-refractivity contribution in [3.05, 3.63) is 33.7 Å². The standard InChI is InChI=1S/C19H26N2O3/c1-11-3-4-15(16(22)20-11)17(23)21-12(2)18-6-13-5-14(7-18)9-19(24,8-13)10-18/h3-4,12-14,24H,5-10H2,1-2H3,(H,20,22)(H,21,23). The topological polar surface area (TPSA) is 82.2 Å². The van der Waals surface area contributed by atoms with E-state index < -0.39 is 5.60 Å². The summed E-state index contributed by atoms with van der Waals surface area (Å²) >= 11 is 0. The Bertz CT molecular complexity index is 724. The minimum atomic E-state index is -0.537. The Kier molecular flexibility index (Phi) is 3.43. The maximum absolute atomic E-state index is 12.6. The van der Waals surface area contributed by atoms with Crippen molar-refractivity contribution in [3.8, 4) is 0 Å². The van der Waals surface area contributed by atoms with E-state index in [2.05, 4.69) is 10.3 Å². The monoisotopic (exact) mass is 330 g/mol. The normalized spacial score (nSPS) is 38.1. The van der Waals surface area contributed by atoms with Gasteiger partial charge in [0.05, 0.1) is 5.60 Å². The van der Waals surface area contributed by atoms with E-state index in [0.717, 1.165) is 37.8 Å². The zero-order valence-electron chi connectivity index (χ0n) is 14.4. The highest BCUT2D eigenvalue weighted by atomic mass is 16.3. The molecule has 4 aliphatic rings. The Labute approximate surface area is 141 Å². The molecule has 0 saturated heterocycles. The van der Waals surface area contributed by atoms with Crippen LogP contribution in [0.1, 0.15) is 61.5 Å². The number of rotatable bonds is 3. The van der Waals surface area contributed by atoms with E-state index in [9.17, 15) is 14.7 Å². The van der Waals surface area contributed by atoms with Crippen molar-refractivity contribution < 1.29 is 9.90 Å². The molecule has 1 amide bonds. The van der Waals surface area contributed by atoms with Crippen molar-refractivity contribution in [3.63, 3.8) is 0 Å². The van der Waals surface area contributed by atoms with Gasteiger partial charge in [-0.3, -0.25) is 9.59 Å². The molecular formula is C19H26N2O3. The van der Waals surface area contributed by atoms with Gasteiger partial charge in [-0.05, 0) is 81.8 Å². The lowest BCUT2D eigenvalue weighted by atomic mass is 9.46. The van der Waals surface area contributed by atoms with Gasteiger partial charge in [-0.2, -0.15) is 0 Å². The molecule has 0 spiro atoms. The SMILES string of the molecule is Cc1ccc(C(=O)NC(C)C23CC4CC(CC(O)(C4)C2)C3)c(=O)[nH]1. The summed E-state index contributed by atoms with van der Waals surface area (Å²) in [6.07, 6.45) is 6.00. The highest BCUT2D eigenvalue weighted by Gasteiger charge is 2.59. The van der Waals surface area contributed by atoms with Crippen LogP contribution in [0.2, 0.25) is 0 Å². The van der Waals surface area contributed by atoms with E-state index in [1.165, 1.54) is 6.42 Å². The molecule has 0 radical (unpaired) electrons. The molecule has 4 bridgehead atoms. The number of hydrogen-bond donors (Lipinski definition) is 3. The number of carbonyl (C=O) groups is 1. The minimum absolute atomic E-state index is 0.0219. The van der Waals surface area contributed by atoms with Crippen molar-refractivity contribution >= 4 is 5.91 Å². The van der Waals surface area contributed by atoms with Crippen molar-refractivity contribution in [2.45, 2.75) is 64.0 Å². The van der Waals surface area contributed by atoms with Crippen LogP contribution in [0.4, 0.5) is 0 Å². The number of aromatic nitrogens is 1. The smallest absolute Gasteiger partial charge is 0.260 e. The number of H-pyrrole nitrogens is 1. The third-order valence-electron chi connectivity index (χ3n) is 6.64. The first kappa shape index (κ1) is 15.9. The van der Waals surface area contributed by atoms with Crippen LogP contribution < -0.4 is 10.9 Å². The lowest BCUT2D eigenvalue weighted by Gasteiger charge is -2.62. The third kappa shape index (κ3) is 2.50. The molecule has 4 fully saturated rings. The first-order chi connectivity index (χ1) is 11.3. The van der Waals surface area contributed by atoms with Crippen molar-refractivity contribution in [1.29, 1.82) is 0 Å². The van der Waals surface area contributed by atoms with E-state index in [-0.39, 0.29) is 28.5 Å². The predicted octanol–water partition coefficient (Wildman–Crippen LogP) is 2.13. The van der Waals surface area contributed by atoms with Gasteiger partial charge < -0.3 is 15.4 Å². The number of nitrogens with one attached hydrogen (secondary N) is 2. The molecule has 1 aromatic heterocycles. The van der Waals surface area contributed by atoms with Crippen molar-refractivity contribution in [2.75, 3.05) is 0 Å². The van der Waals surface area contributed by atoms with Crippen LogP contribution in [0.3, 0.4) is 0 Å². The third-order valence-corrected chi connectivity index (χ3v) is 6.64. The van der Waals surface area contributed by atoms with Gasteiger partial charge in [0, 0.05) is 11.7 Å². The van der Waals surface area contributed by atoms with Gasteiger partial charge in [0.15, 0.2) is 0 Å². The molecule has 3 unspecified atom stereocenters. The lowest BCUT2D eigenvalue weighted by molar-refractivity contribution is -0.171. The lowest BCUT2D eigenvalue weighted by Crippen LogP contribution is -2.61. The van der Waals surface area contributed by atoms with E-state index in [1.54, 1.807) is 19.1 Å². The first-order valence-electron chi connectivity index (χ1n) is 9.02. The Morgan fingerprint density at radius 3 is 2.54 bits per heavy atom. The van der Waals surface area contributed by atoms with E-state index in [0.29, 0.717) is 11.8 Å². The van der Waals surface area contributed by atoms with Crippen LogP contribution in [-0.2, 0) is 0 Å². The molecule has 1 heterocycles. The molecule has 24 heavy (non-hydrogen) atoms. The van der Waals surface area contributed by atoms with Crippen LogP contribution in [0.5, 0.6) is 0 Å². The van der Waals surface area contributed by atoms with Gasteiger partial charge in [0.25, 0.3) is 11.5 Å². The number of aryl methyl sites for hydroxylation is 1. The Morgan fingerprint density at radius 1 is 1.29 bits per heavy atom. The van der Waals surface area contributed by atoms with Gasteiger partial charge >= 0.3 is 0 Å². The Balaban J connectivity index is 1.55. The molecule has 5 heteroatoms. The molecule has 130 valence electrons. The summed E-state index contributed by atoms with van der Waals surface area (Å²) in [7, 11) is 0. The Morgan fingerprint density at radius 2 is 1.96 bits per heavy atom. The fraction of sp³-hybridized carbons (Fsp3) is 0.684. The summed E-state index contributed by atoms with van der Waals surface area (Å²) in [5.41, 5.74) is 0.00345. The summed E-state index contributed by atoms with van der Waals surface area (Å²) in [4.78, 5) is 27.3. The summed E-state index contributed by atoms with van der Waals surface area (Å²) in [5.74, 6) is 0.850. The van der Waals surface area contributed by atoms with Gasteiger partial charge in [0.1, 0.15) is 5.56 Å². The average molecular weight is 330 g/mol. The van der Waals surface area contributed by atoms with Gasteiger partial charge in [0.2, 0.25) is 0 Å². The van der Waals surface area contributed by atoms with Crippen LogP contribution in [0.15, 0.2) is 16.9 Å². The summed E-state index contributed by atoms with van der Waals surface area (Å²) in [6, 6.07) is 3.29. The second-order valence-corrected chi connectivity index (χ2v) is 8.63. The molecular weight excluding hydrogens is 304 g/mol. The van der Waals surface area contributed by atoms with E-state index in [1.807, 2.05) is 6.92 Å². The molecule has 3 N–H and O–H groups in total.